The van der Waals surface area contributed by atoms with Gasteiger partial charge >= 0.3 is 0 Å². The van der Waals surface area contributed by atoms with E-state index in [2.05, 4.69) is 26.6 Å². The van der Waals surface area contributed by atoms with Gasteiger partial charge in [0.15, 0.2) is 0 Å². The van der Waals surface area contributed by atoms with Gasteiger partial charge in [-0.15, -0.1) is 0 Å². The van der Waals surface area contributed by atoms with E-state index in [1.807, 2.05) is 45.2 Å². The molecule has 3 amide bonds. The van der Waals surface area contributed by atoms with E-state index in [0.717, 1.165) is 22.2 Å². The molecule has 3 heterocycles. The zero-order valence-corrected chi connectivity index (χ0v) is 18.7. The molecule has 4 atom stereocenters. The molecule has 2 fully saturated rings. The quantitative estimate of drug-likeness (QED) is 0.670. The Morgan fingerprint density at radius 2 is 1.93 bits per heavy atom. The Kier molecular flexibility index (Phi) is 4.67. The van der Waals surface area contributed by atoms with E-state index in [1.54, 1.807) is 11.8 Å². The Balaban J connectivity index is 1.89. The third-order valence-corrected chi connectivity index (χ3v) is 7.12. The fourth-order valence-electron chi connectivity index (χ4n) is 4.93. The number of fused-ring (bicyclic) bond motifs is 4. The maximum Gasteiger partial charge on any atom is 0.250 e. The van der Waals surface area contributed by atoms with Crippen molar-refractivity contribution in [2.24, 2.45) is 11.8 Å². The molecule has 0 unspecified atom stereocenters. The lowest BCUT2D eigenvalue weighted by atomic mass is 9.76. The van der Waals surface area contributed by atoms with Crippen LogP contribution < -0.4 is 10.6 Å². The number of anilines is 1. The van der Waals surface area contributed by atoms with Gasteiger partial charge in [-0.25, -0.2) is 0 Å². The van der Waals surface area contributed by atoms with E-state index in [9.17, 15) is 14.4 Å². The van der Waals surface area contributed by atoms with Crippen LogP contribution in [-0.4, -0.2) is 46.2 Å². The summed E-state index contributed by atoms with van der Waals surface area (Å²) in [5.74, 6) is -1.10. The maximum absolute atomic E-state index is 13.5. The zero-order valence-electron chi connectivity index (χ0n) is 16.3. The SMILES string of the molecule is CSCC[C@@H]1N[C@@]2(C(=O)Nc3ccc(Br)cc32)[C@@H]2C(=O)N(C(C)(C)C)C(=O)[C@H]12. The van der Waals surface area contributed by atoms with Crippen molar-refractivity contribution in [2.45, 2.75) is 44.3 Å². The molecule has 0 aliphatic carbocycles. The third-order valence-electron chi connectivity index (χ3n) is 5.98. The number of rotatable bonds is 3. The summed E-state index contributed by atoms with van der Waals surface area (Å²) in [6.07, 6.45) is 2.73. The van der Waals surface area contributed by atoms with Crippen LogP contribution in [0.2, 0.25) is 0 Å². The van der Waals surface area contributed by atoms with Gasteiger partial charge in [0, 0.05) is 27.3 Å². The number of imide groups is 1. The molecule has 2 N–H and O–H groups in total. The largest absolute Gasteiger partial charge is 0.324 e. The fourth-order valence-corrected chi connectivity index (χ4v) is 5.78. The first-order valence-corrected chi connectivity index (χ1v) is 11.6. The summed E-state index contributed by atoms with van der Waals surface area (Å²) in [7, 11) is 0. The van der Waals surface area contributed by atoms with Crippen molar-refractivity contribution in [3.63, 3.8) is 0 Å². The highest BCUT2D eigenvalue weighted by atomic mass is 79.9. The second-order valence-electron chi connectivity index (χ2n) is 8.67. The number of carbonyl (C=O) groups is 3. The molecule has 2 saturated heterocycles. The number of benzene rings is 1. The number of amides is 3. The van der Waals surface area contributed by atoms with Crippen LogP contribution in [0.25, 0.3) is 0 Å². The number of nitrogens with zero attached hydrogens (tertiary/aromatic N) is 1. The predicted octanol–water partition coefficient (Wildman–Crippen LogP) is 2.72. The number of carbonyl (C=O) groups excluding carboxylic acids is 3. The molecule has 0 aromatic heterocycles. The minimum atomic E-state index is -1.21. The summed E-state index contributed by atoms with van der Waals surface area (Å²) in [5, 5.41) is 6.38. The monoisotopic (exact) mass is 465 g/mol. The van der Waals surface area contributed by atoms with E-state index in [0.29, 0.717) is 5.69 Å². The van der Waals surface area contributed by atoms with Crippen LogP contribution in [0.15, 0.2) is 22.7 Å². The van der Waals surface area contributed by atoms with Gasteiger partial charge in [0.1, 0.15) is 5.54 Å². The molecule has 3 aliphatic rings. The molecule has 1 spiro atoms. The van der Waals surface area contributed by atoms with Crippen molar-refractivity contribution in [1.29, 1.82) is 0 Å². The molecule has 28 heavy (non-hydrogen) atoms. The third kappa shape index (κ3) is 2.60. The molecule has 0 radical (unpaired) electrons. The second kappa shape index (κ2) is 6.57. The summed E-state index contributed by atoms with van der Waals surface area (Å²) < 4.78 is 0.831. The fraction of sp³-hybridized carbons (Fsp3) is 0.550. The summed E-state index contributed by atoms with van der Waals surface area (Å²) in [6.45, 7) is 5.58. The molecule has 1 aromatic carbocycles. The molecular weight excluding hydrogens is 442 g/mol. The van der Waals surface area contributed by atoms with Crippen molar-refractivity contribution < 1.29 is 14.4 Å². The van der Waals surface area contributed by atoms with Gasteiger partial charge in [-0.2, -0.15) is 11.8 Å². The van der Waals surface area contributed by atoms with E-state index >= 15 is 0 Å². The van der Waals surface area contributed by atoms with Gasteiger partial charge in [-0.05, 0) is 57.4 Å². The van der Waals surface area contributed by atoms with Crippen molar-refractivity contribution in [1.82, 2.24) is 10.2 Å². The lowest BCUT2D eigenvalue weighted by Gasteiger charge is -2.34. The van der Waals surface area contributed by atoms with Gasteiger partial charge in [0.25, 0.3) is 0 Å². The van der Waals surface area contributed by atoms with Crippen molar-refractivity contribution in [3.8, 4) is 0 Å². The molecule has 1 aromatic rings. The Hall–Kier alpha value is -1.38. The van der Waals surface area contributed by atoms with Gasteiger partial charge in [-0.1, -0.05) is 15.9 Å². The Morgan fingerprint density at radius 1 is 1.21 bits per heavy atom. The highest BCUT2D eigenvalue weighted by Crippen LogP contribution is 2.54. The number of hydrogen-bond donors (Lipinski definition) is 2. The van der Waals surface area contributed by atoms with E-state index in [1.165, 1.54) is 4.90 Å². The highest BCUT2D eigenvalue weighted by molar-refractivity contribution is 9.10. The van der Waals surface area contributed by atoms with Crippen LogP contribution in [0.3, 0.4) is 0 Å². The molecule has 6 nitrogen and oxygen atoms in total. The summed E-state index contributed by atoms with van der Waals surface area (Å²) in [5.41, 5.74) is -0.400. The molecule has 0 bridgehead atoms. The summed E-state index contributed by atoms with van der Waals surface area (Å²) >= 11 is 5.18. The number of thioether (sulfide) groups is 1. The Morgan fingerprint density at radius 3 is 2.57 bits per heavy atom. The minimum Gasteiger partial charge on any atom is -0.324 e. The molecule has 4 rings (SSSR count). The Bertz CT molecular complexity index is 884. The van der Waals surface area contributed by atoms with Crippen LogP contribution in [0.1, 0.15) is 32.8 Å². The number of hydrogen-bond acceptors (Lipinski definition) is 5. The topological polar surface area (TPSA) is 78.5 Å². The highest BCUT2D eigenvalue weighted by Gasteiger charge is 2.71. The Labute approximate surface area is 177 Å². The standard InChI is InChI=1S/C20H24BrN3O3S/c1-19(2,3)24-16(25)14-13(7-8-28-4)23-20(15(14)17(24)26)11-9-10(21)5-6-12(11)22-18(20)27/h5-6,9,13-15,23H,7-8H2,1-4H3,(H,22,27)/t13-,14+,15-,20+/m0/s1. The molecule has 150 valence electrons. The van der Waals surface area contributed by atoms with E-state index < -0.39 is 22.9 Å². The van der Waals surface area contributed by atoms with Crippen LogP contribution in [0.5, 0.6) is 0 Å². The first-order chi connectivity index (χ1) is 13.1. The van der Waals surface area contributed by atoms with Gasteiger partial charge in [0.05, 0.1) is 11.8 Å². The van der Waals surface area contributed by atoms with Gasteiger partial charge in [-0.3, -0.25) is 24.6 Å². The summed E-state index contributed by atoms with van der Waals surface area (Å²) in [6, 6.07) is 5.35. The maximum atomic E-state index is 13.5. The van der Waals surface area contributed by atoms with Crippen molar-refractivity contribution in [2.75, 3.05) is 17.3 Å². The lowest BCUT2D eigenvalue weighted by molar-refractivity contribution is -0.147. The molecule has 0 saturated carbocycles. The van der Waals surface area contributed by atoms with Gasteiger partial charge < -0.3 is 5.32 Å². The normalized spacial score (nSPS) is 31.5. The van der Waals surface area contributed by atoms with Crippen LogP contribution in [-0.2, 0) is 19.9 Å². The van der Waals surface area contributed by atoms with Crippen LogP contribution >= 0.6 is 27.7 Å². The summed E-state index contributed by atoms with van der Waals surface area (Å²) in [4.78, 5) is 41.5. The molecular formula is C20H24BrN3O3S. The smallest absolute Gasteiger partial charge is 0.250 e. The number of halogens is 1. The van der Waals surface area contributed by atoms with E-state index in [4.69, 9.17) is 0 Å². The van der Waals surface area contributed by atoms with E-state index in [-0.39, 0.29) is 23.8 Å². The zero-order chi connectivity index (χ0) is 20.4. The number of likely N-dealkylation sites (tertiary alicyclic amines) is 1. The second-order valence-corrected chi connectivity index (χ2v) is 10.6. The lowest BCUT2D eigenvalue weighted by Crippen LogP contribution is -2.55. The first-order valence-electron chi connectivity index (χ1n) is 9.39. The number of nitrogens with one attached hydrogen (secondary N) is 2. The molecule has 3 aliphatic heterocycles. The van der Waals surface area contributed by atoms with Crippen LogP contribution in [0.4, 0.5) is 5.69 Å². The van der Waals surface area contributed by atoms with Crippen LogP contribution in [0, 0.1) is 11.8 Å². The average Bonchev–Trinajstić information content (AvgIpc) is 3.18. The van der Waals surface area contributed by atoms with Gasteiger partial charge in [0.2, 0.25) is 17.7 Å². The average molecular weight is 466 g/mol. The van der Waals surface area contributed by atoms with Crippen molar-refractivity contribution in [3.05, 3.63) is 28.2 Å². The minimum absolute atomic E-state index is 0.172. The first kappa shape index (κ1) is 19.9. The molecule has 8 heteroatoms. The van der Waals surface area contributed by atoms with Crippen molar-refractivity contribution >= 4 is 51.1 Å². The predicted molar refractivity (Wildman–Crippen MR) is 113 cm³/mol.